The van der Waals surface area contributed by atoms with E-state index in [4.69, 9.17) is 4.74 Å². The second-order valence-corrected chi connectivity index (χ2v) is 10.4. The van der Waals surface area contributed by atoms with Crippen molar-refractivity contribution in [2.75, 3.05) is 4.90 Å². The quantitative estimate of drug-likeness (QED) is 0.124. The molecule has 1 aliphatic rings. The van der Waals surface area contributed by atoms with Crippen LogP contribution in [0.1, 0.15) is 47.4 Å². The molecule has 4 aromatic rings. The maximum atomic E-state index is 11.6. The van der Waals surface area contributed by atoms with Crippen molar-refractivity contribution in [3.8, 4) is 5.75 Å². The van der Waals surface area contributed by atoms with Gasteiger partial charge in [0.15, 0.2) is 0 Å². The van der Waals surface area contributed by atoms with Gasteiger partial charge in [-0.1, -0.05) is 96.1 Å². The summed E-state index contributed by atoms with van der Waals surface area (Å²) in [6.07, 6.45) is 8.66. The fraction of sp³-hybridized carbons (Fsp3) is 0.162. The average Bonchev–Trinajstić information content (AvgIpc) is 2.99. The molecular formula is C37H35NO2. The standard InChI is InChI=1S/C37H35NO2/c1-4-37(39)40-35-24-16-31(17-25-35)36(30-8-6-5-7-9-30)26-29-14-22-34(23-15-29)38(32-18-10-27(2)11-19-32)33-20-12-28(3)13-21-33/h4-14,16-22,24-25,36H,1,15,23,26H2,2-3H3. The second-order valence-electron chi connectivity index (χ2n) is 10.4. The van der Waals surface area contributed by atoms with Crippen LogP contribution in [0.3, 0.4) is 0 Å². The van der Waals surface area contributed by atoms with Gasteiger partial charge in [0.1, 0.15) is 5.75 Å². The molecule has 0 fully saturated rings. The summed E-state index contributed by atoms with van der Waals surface area (Å²) in [5.74, 6) is 0.279. The molecule has 40 heavy (non-hydrogen) atoms. The summed E-state index contributed by atoms with van der Waals surface area (Å²) in [5, 5.41) is 0. The molecule has 1 unspecified atom stereocenters. The molecule has 5 rings (SSSR count). The van der Waals surface area contributed by atoms with Crippen LogP contribution in [0.2, 0.25) is 0 Å². The Morgan fingerprint density at radius 3 is 1.88 bits per heavy atom. The zero-order chi connectivity index (χ0) is 27.9. The number of ether oxygens (including phenoxy) is 1. The van der Waals surface area contributed by atoms with Crippen LogP contribution in [-0.2, 0) is 4.79 Å². The molecule has 1 aliphatic carbocycles. The molecule has 0 N–H and O–H groups in total. The predicted molar refractivity (Wildman–Crippen MR) is 165 cm³/mol. The molecule has 0 saturated heterocycles. The molecular weight excluding hydrogens is 490 g/mol. The molecule has 0 amide bonds. The largest absolute Gasteiger partial charge is 0.423 e. The summed E-state index contributed by atoms with van der Waals surface area (Å²) >= 11 is 0. The Morgan fingerprint density at radius 1 is 0.775 bits per heavy atom. The molecule has 0 spiro atoms. The Bertz CT molecular complexity index is 1470. The number of benzene rings is 4. The summed E-state index contributed by atoms with van der Waals surface area (Å²) < 4.78 is 5.29. The fourth-order valence-electron chi connectivity index (χ4n) is 5.20. The first kappa shape index (κ1) is 27.0. The molecule has 4 aromatic carbocycles. The third kappa shape index (κ3) is 6.50. The summed E-state index contributed by atoms with van der Waals surface area (Å²) in [6, 6.07) is 36.0. The molecule has 200 valence electrons. The van der Waals surface area contributed by atoms with Crippen LogP contribution in [0, 0.1) is 13.8 Å². The molecule has 0 aliphatic heterocycles. The normalized spacial score (nSPS) is 13.6. The van der Waals surface area contributed by atoms with Crippen LogP contribution in [-0.4, -0.2) is 5.97 Å². The number of esters is 1. The zero-order valence-electron chi connectivity index (χ0n) is 23.2. The van der Waals surface area contributed by atoms with E-state index < -0.39 is 5.97 Å². The van der Waals surface area contributed by atoms with Crippen LogP contribution < -0.4 is 9.64 Å². The number of nitrogens with zero attached hydrogens (tertiary/aromatic N) is 1. The van der Waals surface area contributed by atoms with E-state index >= 15 is 0 Å². The number of carbonyl (C=O) groups excluding carboxylic acids is 1. The van der Waals surface area contributed by atoms with E-state index in [9.17, 15) is 4.79 Å². The average molecular weight is 526 g/mol. The second kappa shape index (κ2) is 12.5. The highest BCUT2D eigenvalue weighted by Crippen LogP contribution is 2.38. The zero-order valence-corrected chi connectivity index (χ0v) is 23.2. The van der Waals surface area contributed by atoms with Crippen LogP contribution in [0.25, 0.3) is 0 Å². The molecule has 0 heterocycles. The van der Waals surface area contributed by atoms with E-state index in [1.165, 1.54) is 51.0 Å². The van der Waals surface area contributed by atoms with Crippen molar-refractivity contribution in [2.24, 2.45) is 0 Å². The van der Waals surface area contributed by atoms with Gasteiger partial charge in [-0.15, -0.1) is 0 Å². The monoisotopic (exact) mass is 525 g/mol. The highest BCUT2D eigenvalue weighted by molar-refractivity contribution is 5.83. The van der Waals surface area contributed by atoms with Crippen molar-refractivity contribution in [1.82, 2.24) is 0 Å². The fourth-order valence-corrected chi connectivity index (χ4v) is 5.20. The smallest absolute Gasteiger partial charge is 0.335 e. The number of hydrogen-bond acceptors (Lipinski definition) is 3. The van der Waals surface area contributed by atoms with Gasteiger partial charge < -0.3 is 9.64 Å². The first-order valence-electron chi connectivity index (χ1n) is 13.8. The van der Waals surface area contributed by atoms with E-state index in [-0.39, 0.29) is 5.92 Å². The number of carbonyl (C=O) groups is 1. The first-order chi connectivity index (χ1) is 19.5. The predicted octanol–water partition coefficient (Wildman–Crippen LogP) is 9.36. The molecule has 0 bridgehead atoms. The Hall–Kier alpha value is -4.63. The maximum absolute atomic E-state index is 11.6. The van der Waals surface area contributed by atoms with Crippen LogP contribution in [0.4, 0.5) is 11.4 Å². The highest BCUT2D eigenvalue weighted by atomic mass is 16.5. The van der Waals surface area contributed by atoms with E-state index in [1.54, 1.807) is 0 Å². The van der Waals surface area contributed by atoms with Crippen molar-refractivity contribution in [2.45, 2.75) is 39.0 Å². The summed E-state index contributed by atoms with van der Waals surface area (Å²) in [6.45, 7) is 7.72. The van der Waals surface area contributed by atoms with Crippen molar-refractivity contribution in [3.05, 3.63) is 161 Å². The van der Waals surface area contributed by atoms with Gasteiger partial charge in [0, 0.05) is 29.1 Å². The SMILES string of the molecule is C=CC(=O)Oc1ccc(C(CC2=CC=C(N(c3ccc(C)cc3)c3ccc(C)cc3)CC2)c2ccccc2)cc1. The van der Waals surface area contributed by atoms with Gasteiger partial charge in [-0.2, -0.15) is 0 Å². The molecule has 0 radical (unpaired) electrons. The van der Waals surface area contributed by atoms with E-state index in [0.717, 1.165) is 19.3 Å². The third-order valence-electron chi connectivity index (χ3n) is 7.42. The van der Waals surface area contributed by atoms with Crippen molar-refractivity contribution in [1.29, 1.82) is 0 Å². The third-order valence-corrected chi connectivity index (χ3v) is 7.42. The van der Waals surface area contributed by atoms with Gasteiger partial charge >= 0.3 is 5.97 Å². The minimum atomic E-state index is -0.451. The van der Waals surface area contributed by atoms with Gasteiger partial charge in [0.2, 0.25) is 0 Å². The van der Waals surface area contributed by atoms with Crippen LogP contribution in [0.5, 0.6) is 5.75 Å². The topological polar surface area (TPSA) is 29.5 Å². The lowest BCUT2D eigenvalue weighted by molar-refractivity contribution is -0.128. The lowest BCUT2D eigenvalue weighted by atomic mass is 9.83. The van der Waals surface area contributed by atoms with Gasteiger partial charge in [-0.05, 0) is 86.7 Å². The Balaban J connectivity index is 1.43. The van der Waals surface area contributed by atoms with E-state index in [0.29, 0.717) is 5.75 Å². The summed E-state index contributed by atoms with van der Waals surface area (Å²) in [4.78, 5) is 14.0. The number of anilines is 2. The van der Waals surface area contributed by atoms with E-state index in [1.807, 2.05) is 12.1 Å². The highest BCUT2D eigenvalue weighted by Gasteiger charge is 2.21. The van der Waals surface area contributed by atoms with Gasteiger partial charge in [-0.25, -0.2) is 4.79 Å². The molecule has 1 atom stereocenters. The molecule has 0 saturated carbocycles. The lowest BCUT2D eigenvalue weighted by Crippen LogP contribution is -2.18. The minimum absolute atomic E-state index is 0.205. The Kier molecular flexibility index (Phi) is 8.41. The van der Waals surface area contributed by atoms with Gasteiger partial charge in [0.05, 0.1) is 0 Å². The minimum Gasteiger partial charge on any atom is -0.423 e. The van der Waals surface area contributed by atoms with Gasteiger partial charge in [-0.3, -0.25) is 0 Å². The van der Waals surface area contributed by atoms with Crippen LogP contribution >= 0.6 is 0 Å². The van der Waals surface area contributed by atoms with Crippen molar-refractivity contribution < 1.29 is 9.53 Å². The maximum Gasteiger partial charge on any atom is 0.335 e. The molecule has 3 nitrogen and oxygen atoms in total. The van der Waals surface area contributed by atoms with Crippen LogP contribution in [0.15, 0.2) is 139 Å². The number of rotatable bonds is 9. The van der Waals surface area contributed by atoms with Crippen molar-refractivity contribution in [3.63, 3.8) is 0 Å². The Morgan fingerprint density at radius 2 is 1.35 bits per heavy atom. The lowest BCUT2D eigenvalue weighted by Gasteiger charge is -2.30. The van der Waals surface area contributed by atoms with Crippen molar-refractivity contribution >= 4 is 17.3 Å². The van der Waals surface area contributed by atoms with E-state index in [2.05, 4.69) is 128 Å². The molecule has 0 aromatic heterocycles. The molecule has 3 heteroatoms. The van der Waals surface area contributed by atoms with Gasteiger partial charge in [0.25, 0.3) is 0 Å². The number of allylic oxidation sites excluding steroid dienone is 4. The first-order valence-corrected chi connectivity index (χ1v) is 13.8. The summed E-state index contributed by atoms with van der Waals surface area (Å²) in [7, 11) is 0. The summed E-state index contributed by atoms with van der Waals surface area (Å²) in [5.41, 5.74) is 10.1. The number of hydrogen-bond donors (Lipinski definition) is 0. The Labute approximate surface area is 237 Å². The number of aryl methyl sites for hydroxylation is 2.